The lowest BCUT2D eigenvalue weighted by molar-refractivity contribution is 0.347. The van der Waals surface area contributed by atoms with Crippen LogP contribution in [0.5, 0.6) is 17.2 Å². The molecular formula is C15H21N3O3S. The SMILES string of the molecule is COc1cc(OC)c(OC)cc1CNc1nc(C(C)C)ns1. The highest BCUT2D eigenvalue weighted by Gasteiger charge is 2.13. The Morgan fingerprint density at radius 3 is 2.23 bits per heavy atom. The van der Waals surface area contributed by atoms with E-state index in [9.17, 15) is 0 Å². The first-order valence-corrected chi connectivity index (χ1v) is 7.72. The number of nitrogens with zero attached hydrogens (tertiary/aromatic N) is 2. The molecule has 1 aromatic heterocycles. The van der Waals surface area contributed by atoms with Gasteiger partial charge < -0.3 is 19.5 Å². The second-order valence-corrected chi connectivity index (χ2v) is 5.74. The smallest absolute Gasteiger partial charge is 0.202 e. The summed E-state index contributed by atoms with van der Waals surface area (Å²) in [5, 5.41) is 4.06. The number of rotatable bonds is 7. The summed E-state index contributed by atoms with van der Waals surface area (Å²) in [4.78, 5) is 4.46. The summed E-state index contributed by atoms with van der Waals surface area (Å²) in [7, 11) is 4.84. The Kier molecular flexibility index (Phi) is 5.43. The third kappa shape index (κ3) is 3.59. The second kappa shape index (κ2) is 7.31. The lowest BCUT2D eigenvalue weighted by Crippen LogP contribution is -2.03. The van der Waals surface area contributed by atoms with Crippen molar-refractivity contribution in [3.63, 3.8) is 0 Å². The van der Waals surface area contributed by atoms with Crippen LogP contribution in [-0.4, -0.2) is 30.7 Å². The van der Waals surface area contributed by atoms with Gasteiger partial charge >= 0.3 is 0 Å². The molecule has 0 radical (unpaired) electrons. The summed E-state index contributed by atoms with van der Waals surface area (Å²) in [5.41, 5.74) is 0.960. The van der Waals surface area contributed by atoms with Crippen molar-refractivity contribution in [2.45, 2.75) is 26.3 Å². The Morgan fingerprint density at radius 1 is 1.05 bits per heavy atom. The van der Waals surface area contributed by atoms with E-state index in [1.54, 1.807) is 21.3 Å². The highest BCUT2D eigenvalue weighted by atomic mass is 32.1. The fourth-order valence-electron chi connectivity index (χ4n) is 1.94. The molecule has 0 bridgehead atoms. The van der Waals surface area contributed by atoms with Gasteiger partial charge in [0.05, 0.1) is 21.3 Å². The minimum Gasteiger partial charge on any atom is -0.496 e. The molecule has 120 valence electrons. The number of hydrogen-bond acceptors (Lipinski definition) is 7. The molecule has 0 amide bonds. The summed E-state index contributed by atoms with van der Waals surface area (Å²) in [5.74, 6) is 3.22. The van der Waals surface area contributed by atoms with Crippen LogP contribution in [0.2, 0.25) is 0 Å². The van der Waals surface area contributed by atoms with Crippen molar-refractivity contribution in [3.8, 4) is 17.2 Å². The zero-order valence-electron chi connectivity index (χ0n) is 13.5. The van der Waals surface area contributed by atoms with Crippen LogP contribution in [0.4, 0.5) is 5.13 Å². The van der Waals surface area contributed by atoms with Crippen molar-refractivity contribution < 1.29 is 14.2 Å². The first kappa shape index (κ1) is 16.4. The molecule has 2 rings (SSSR count). The van der Waals surface area contributed by atoms with E-state index in [0.29, 0.717) is 24.0 Å². The van der Waals surface area contributed by atoms with Gasteiger partial charge in [0.25, 0.3) is 0 Å². The number of ether oxygens (including phenoxy) is 3. The molecule has 6 nitrogen and oxygen atoms in total. The zero-order chi connectivity index (χ0) is 16.1. The van der Waals surface area contributed by atoms with Crippen molar-refractivity contribution in [1.82, 2.24) is 9.36 Å². The van der Waals surface area contributed by atoms with Crippen LogP contribution in [0.1, 0.15) is 31.2 Å². The molecule has 1 heterocycles. The molecule has 0 saturated heterocycles. The van der Waals surface area contributed by atoms with E-state index in [1.165, 1.54) is 11.5 Å². The first-order valence-electron chi connectivity index (χ1n) is 6.95. The Hall–Kier alpha value is -2.02. The predicted molar refractivity (Wildman–Crippen MR) is 87.4 cm³/mol. The van der Waals surface area contributed by atoms with Crippen LogP contribution < -0.4 is 19.5 Å². The average molecular weight is 323 g/mol. The fraction of sp³-hybridized carbons (Fsp3) is 0.467. The van der Waals surface area contributed by atoms with Crippen LogP contribution in [-0.2, 0) is 6.54 Å². The van der Waals surface area contributed by atoms with Gasteiger partial charge in [-0.25, -0.2) is 4.98 Å². The Morgan fingerprint density at radius 2 is 1.68 bits per heavy atom. The monoisotopic (exact) mass is 323 g/mol. The maximum absolute atomic E-state index is 5.41. The first-order chi connectivity index (χ1) is 10.6. The maximum Gasteiger partial charge on any atom is 0.202 e. The standard InChI is InChI=1S/C15H21N3O3S/c1-9(2)14-17-15(22-18-14)16-8-10-6-12(20-4)13(21-5)7-11(10)19-3/h6-7,9H,8H2,1-5H3,(H,16,17,18). The normalized spacial score (nSPS) is 10.6. The van der Waals surface area contributed by atoms with Crippen LogP contribution in [0.15, 0.2) is 12.1 Å². The van der Waals surface area contributed by atoms with E-state index in [-0.39, 0.29) is 0 Å². The molecule has 1 aromatic carbocycles. The van der Waals surface area contributed by atoms with Gasteiger partial charge in [-0.05, 0) is 6.07 Å². The van der Waals surface area contributed by atoms with E-state index in [2.05, 4.69) is 28.5 Å². The van der Waals surface area contributed by atoms with Crippen molar-refractivity contribution in [3.05, 3.63) is 23.5 Å². The molecule has 22 heavy (non-hydrogen) atoms. The van der Waals surface area contributed by atoms with Crippen LogP contribution in [0.25, 0.3) is 0 Å². The molecule has 0 aliphatic carbocycles. The summed E-state index contributed by atoms with van der Waals surface area (Å²) in [6.45, 7) is 4.71. The molecule has 0 unspecified atom stereocenters. The average Bonchev–Trinajstić information content (AvgIpc) is 3.01. The highest BCUT2D eigenvalue weighted by molar-refractivity contribution is 7.09. The number of aromatic nitrogens is 2. The molecule has 0 atom stereocenters. The highest BCUT2D eigenvalue weighted by Crippen LogP contribution is 2.35. The van der Waals surface area contributed by atoms with Crippen LogP contribution in [0, 0.1) is 0 Å². The van der Waals surface area contributed by atoms with Gasteiger partial charge in [0.1, 0.15) is 11.6 Å². The molecule has 0 fully saturated rings. The number of methoxy groups -OCH3 is 3. The molecule has 0 spiro atoms. The van der Waals surface area contributed by atoms with E-state index in [0.717, 1.165) is 22.3 Å². The molecule has 1 N–H and O–H groups in total. The minimum atomic E-state index is 0.322. The maximum atomic E-state index is 5.41. The lowest BCUT2D eigenvalue weighted by Gasteiger charge is -2.14. The largest absolute Gasteiger partial charge is 0.496 e. The van der Waals surface area contributed by atoms with E-state index in [4.69, 9.17) is 14.2 Å². The molecule has 0 aliphatic heterocycles. The molecule has 0 saturated carbocycles. The van der Waals surface area contributed by atoms with Gasteiger partial charge in [-0.1, -0.05) is 13.8 Å². The summed E-state index contributed by atoms with van der Waals surface area (Å²) < 4.78 is 20.3. The van der Waals surface area contributed by atoms with E-state index < -0.39 is 0 Å². The van der Waals surface area contributed by atoms with Gasteiger partial charge in [-0.3, -0.25) is 0 Å². The van der Waals surface area contributed by atoms with Crippen molar-refractivity contribution in [2.75, 3.05) is 26.6 Å². The molecule has 2 aromatic rings. The predicted octanol–water partition coefficient (Wildman–Crippen LogP) is 3.30. The number of hydrogen-bond donors (Lipinski definition) is 1. The summed E-state index contributed by atoms with van der Waals surface area (Å²) >= 11 is 1.36. The third-order valence-electron chi connectivity index (χ3n) is 3.17. The summed E-state index contributed by atoms with van der Waals surface area (Å²) in [6, 6.07) is 3.71. The van der Waals surface area contributed by atoms with Gasteiger partial charge in [0.15, 0.2) is 11.5 Å². The van der Waals surface area contributed by atoms with E-state index >= 15 is 0 Å². The summed E-state index contributed by atoms with van der Waals surface area (Å²) in [6.07, 6.45) is 0. The quantitative estimate of drug-likeness (QED) is 0.843. The number of nitrogens with one attached hydrogen (secondary N) is 1. The van der Waals surface area contributed by atoms with Crippen molar-refractivity contribution in [1.29, 1.82) is 0 Å². The van der Waals surface area contributed by atoms with Crippen molar-refractivity contribution in [2.24, 2.45) is 0 Å². The number of anilines is 1. The topological polar surface area (TPSA) is 65.5 Å². The molecule has 7 heteroatoms. The lowest BCUT2D eigenvalue weighted by atomic mass is 10.1. The van der Waals surface area contributed by atoms with Gasteiger partial charge in [-0.2, -0.15) is 4.37 Å². The third-order valence-corrected chi connectivity index (χ3v) is 3.86. The van der Waals surface area contributed by atoms with Gasteiger partial charge in [0, 0.05) is 35.6 Å². The second-order valence-electron chi connectivity index (χ2n) is 4.99. The van der Waals surface area contributed by atoms with Crippen LogP contribution in [0.3, 0.4) is 0 Å². The Bertz CT molecular complexity index is 628. The van der Waals surface area contributed by atoms with Gasteiger partial charge in [-0.15, -0.1) is 0 Å². The molecule has 0 aliphatic rings. The Balaban J connectivity index is 2.17. The number of benzene rings is 1. The molecular weight excluding hydrogens is 302 g/mol. The fourth-order valence-corrected chi connectivity index (χ4v) is 2.65. The van der Waals surface area contributed by atoms with Crippen molar-refractivity contribution >= 4 is 16.7 Å². The van der Waals surface area contributed by atoms with Gasteiger partial charge in [0.2, 0.25) is 5.13 Å². The van der Waals surface area contributed by atoms with E-state index in [1.807, 2.05) is 12.1 Å². The minimum absolute atomic E-state index is 0.322. The zero-order valence-corrected chi connectivity index (χ0v) is 14.3. The van der Waals surface area contributed by atoms with Crippen LogP contribution >= 0.6 is 11.5 Å². The Labute approximate surface area is 134 Å².